The molecule has 6 heteroatoms. The van der Waals surface area contributed by atoms with Crippen molar-refractivity contribution in [1.82, 2.24) is 4.57 Å². The Bertz CT molecular complexity index is 610. The highest BCUT2D eigenvalue weighted by Crippen LogP contribution is 2.22. The van der Waals surface area contributed by atoms with Crippen molar-refractivity contribution in [3.63, 3.8) is 0 Å². The van der Waals surface area contributed by atoms with Gasteiger partial charge >= 0.3 is 11.7 Å². The first-order valence-electron chi connectivity index (χ1n) is 5.10. The number of rotatable bonds is 3. The molecule has 0 atom stereocenters. The Morgan fingerprint density at radius 1 is 1.53 bits per heavy atom. The zero-order chi connectivity index (χ0) is 12.4. The molecule has 0 aliphatic heterocycles. The second kappa shape index (κ2) is 4.32. The number of para-hydroxylation sites is 1. The van der Waals surface area contributed by atoms with E-state index in [1.807, 2.05) is 0 Å². The highest BCUT2D eigenvalue weighted by atomic mass is 16.5. The van der Waals surface area contributed by atoms with Gasteiger partial charge in [-0.05, 0) is 19.1 Å². The molecule has 90 valence electrons. The Hall–Kier alpha value is -2.24. The number of oxazole rings is 1. The van der Waals surface area contributed by atoms with Crippen LogP contribution in [0.15, 0.2) is 27.4 Å². The van der Waals surface area contributed by atoms with Gasteiger partial charge in [-0.3, -0.25) is 9.36 Å². The number of carbonyl (C=O) groups excluding carboxylic acids is 1. The van der Waals surface area contributed by atoms with Crippen LogP contribution in [0.5, 0.6) is 5.75 Å². The number of aromatic hydroxyl groups is 1. The molecule has 0 bridgehead atoms. The van der Waals surface area contributed by atoms with Gasteiger partial charge in [0.05, 0.1) is 12.1 Å². The first kappa shape index (κ1) is 11.3. The number of carbonyl (C=O) groups is 1. The van der Waals surface area contributed by atoms with Gasteiger partial charge in [-0.2, -0.15) is 0 Å². The normalized spacial score (nSPS) is 10.6. The van der Waals surface area contributed by atoms with E-state index >= 15 is 0 Å². The quantitative estimate of drug-likeness (QED) is 0.801. The summed E-state index contributed by atoms with van der Waals surface area (Å²) in [5.41, 5.74) is 0.435. The van der Waals surface area contributed by atoms with Crippen LogP contribution < -0.4 is 5.76 Å². The molecular weight excluding hydrogens is 226 g/mol. The monoisotopic (exact) mass is 237 g/mol. The molecule has 1 aromatic carbocycles. The van der Waals surface area contributed by atoms with Crippen molar-refractivity contribution in [2.24, 2.45) is 0 Å². The second-order valence-corrected chi connectivity index (χ2v) is 3.38. The van der Waals surface area contributed by atoms with Crippen molar-refractivity contribution in [2.45, 2.75) is 13.5 Å². The lowest BCUT2D eigenvalue weighted by molar-refractivity contribution is -0.143. The fourth-order valence-electron chi connectivity index (χ4n) is 1.56. The molecule has 1 N–H and O–H groups in total. The summed E-state index contributed by atoms with van der Waals surface area (Å²) in [5.74, 6) is -1.36. The van der Waals surface area contributed by atoms with E-state index in [9.17, 15) is 14.7 Å². The molecule has 0 aliphatic rings. The van der Waals surface area contributed by atoms with E-state index in [1.54, 1.807) is 19.1 Å². The molecule has 0 fully saturated rings. The summed E-state index contributed by atoms with van der Waals surface area (Å²) in [7, 11) is 0. The Labute approximate surface area is 96.0 Å². The van der Waals surface area contributed by atoms with E-state index in [2.05, 4.69) is 0 Å². The molecule has 17 heavy (non-hydrogen) atoms. The third-order valence-corrected chi connectivity index (χ3v) is 2.27. The predicted octanol–water partition coefficient (Wildman–Crippen LogP) is 0.863. The number of fused-ring (bicyclic) bond motifs is 1. The molecule has 0 spiro atoms. The van der Waals surface area contributed by atoms with E-state index in [1.165, 1.54) is 6.07 Å². The van der Waals surface area contributed by atoms with E-state index in [-0.39, 0.29) is 24.5 Å². The van der Waals surface area contributed by atoms with Crippen LogP contribution in [0.25, 0.3) is 11.1 Å². The average molecular weight is 237 g/mol. The van der Waals surface area contributed by atoms with Gasteiger partial charge in [0.15, 0.2) is 11.3 Å². The second-order valence-electron chi connectivity index (χ2n) is 3.38. The zero-order valence-corrected chi connectivity index (χ0v) is 9.17. The Morgan fingerprint density at radius 2 is 2.29 bits per heavy atom. The molecule has 0 saturated heterocycles. The topological polar surface area (TPSA) is 81.7 Å². The first-order chi connectivity index (χ1) is 8.13. The van der Waals surface area contributed by atoms with Crippen molar-refractivity contribution in [2.75, 3.05) is 6.61 Å². The van der Waals surface area contributed by atoms with Crippen LogP contribution in [0.3, 0.4) is 0 Å². The van der Waals surface area contributed by atoms with Crippen LogP contribution in [0.1, 0.15) is 6.92 Å². The van der Waals surface area contributed by atoms with Gasteiger partial charge in [-0.15, -0.1) is 0 Å². The predicted molar refractivity (Wildman–Crippen MR) is 58.8 cm³/mol. The summed E-state index contributed by atoms with van der Waals surface area (Å²) < 4.78 is 10.7. The standard InChI is InChI=1S/C11H11NO5/c1-2-16-9(14)6-12-7-4-3-5-8(13)10(7)17-11(12)15/h3-5,13H,2,6H2,1H3. The van der Waals surface area contributed by atoms with Crippen LogP contribution in [0, 0.1) is 0 Å². The number of aromatic nitrogens is 1. The van der Waals surface area contributed by atoms with Gasteiger partial charge in [-0.25, -0.2) is 4.79 Å². The van der Waals surface area contributed by atoms with Crippen LogP contribution in [-0.4, -0.2) is 22.2 Å². The van der Waals surface area contributed by atoms with E-state index < -0.39 is 11.7 Å². The minimum Gasteiger partial charge on any atom is -0.504 e. The Balaban J connectivity index is 2.47. The molecule has 1 aromatic heterocycles. The minimum atomic E-state index is -0.699. The lowest BCUT2D eigenvalue weighted by Crippen LogP contribution is -2.21. The molecule has 2 aromatic rings. The number of phenols is 1. The first-order valence-corrected chi connectivity index (χ1v) is 5.10. The van der Waals surface area contributed by atoms with Crippen molar-refractivity contribution in [3.8, 4) is 5.75 Å². The highest BCUT2D eigenvalue weighted by molar-refractivity contribution is 5.81. The number of ether oxygens (including phenoxy) is 1. The van der Waals surface area contributed by atoms with Crippen LogP contribution >= 0.6 is 0 Å². The molecule has 6 nitrogen and oxygen atoms in total. The van der Waals surface area contributed by atoms with Crippen molar-refractivity contribution in [3.05, 3.63) is 28.7 Å². The van der Waals surface area contributed by atoms with Crippen LogP contribution in [0.2, 0.25) is 0 Å². The van der Waals surface area contributed by atoms with Gasteiger partial charge in [0.25, 0.3) is 0 Å². The fourth-order valence-corrected chi connectivity index (χ4v) is 1.56. The van der Waals surface area contributed by atoms with Crippen LogP contribution in [0.4, 0.5) is 0 Å². The van der Waals surface area contributed by atoms with E-state index in [4.69, 9.17) is 9.15 Å². The molecule has 2 rings (SSSR count). The van der Waals surface area contributed by atoms with Crippen LogP contribution in [-0.2, 0) is 16.1 Å². The Kier molecular flexibility index (Phi) is 2.86. The molecule has 0 amide bonds. The van der Waals surface area contributed by atoms with Crippen molar-refractivity contribution >= 4 is 17.1 Å². The number of phenolic OH excluding ortho intramolecular Hbond substituents is 1. The molecule has 0 saturated carbocycles. The molecular formula is C11H11NO5. The lowest BCUT2D eigenvalue weighted by atomic mass is 10.3. The zero-order valence-electron chi connectivity index (χ0n) is 9.17. The van der Waals surface area contributed by atoms with Gasteiger partial charge in [0.1, 0.15) is 6.54 Å². The lowest BCUT2D eigenvalue weighted by Gasteiger charge is -2.02. The molecule has 1 heterocycles. The maximum absolute atomic E-state index is 11.5. The number of esters is 1. The summed E-state index contributed by atoms with van der Waals surface area (Å²) >= 11 is 0. The summed E-state index contributed by atoms with van der Waals surface area (Å²) in [4.78, 5) is 22.8. The van der Waals surface area contributed by atoms with Gasteiger partial charge in [-0.1, -0.05) is 6.07 Å². The fraction of sp³-hybridized carbons (Fsp3) is 0.273. The van der Waals surface area contributed by atoms with Gasteiger partial charge < -0.3 is 14.3 Å². The van der Waals surface area contributed by atoms with Gasteiger partial charge in [0.2, 0.25) is 0 Å². The smallest absolute Gasteiger partial charge is 0.420 e. The maximum Gasteiger partial charge on any atom is 0.420 e. The molecule has 0 unspecified atom stereocenters. The number of hydrogen-bond acceptors (Lipinski definition) is 5. The van der Waals surface area contributed by atoms with Crippen molar-refractivity contribution < 1.29 is 19.1 Å². The summed E-state index contributed by atoms with van der Waals surface area (Å²) in [6.07, 6.45) is 0. The van der Waals surface area contributed by atoms with E-state index in [0.717, 1.165) is 4.57 Å². The SMILES string of the molecule is CCOC(=O)Cn1c(=O)oc2c(O)cccc21. The Morgan fingerprint density at radius 3 is 3.00 bits per heavy atom. The third-order valence-electron chi connectivity index (χ3n) is 2.27. The van der Waals surface area contributed by atoms with Gasteiger partial charge in [0, 0.05) is 0 Å². The highest BCUT2D eigenvalue weighted by Gasteiger charge is 2.15. The average Bonchev–Trinajstić information content (AvgIpc) is 2.58. The number of hydrogen-bond donors (Lipinski definition) is 1. The largest absolute Gasteiger partial charge is 0.504 e. The summed E-state index contributed by atoms with van der Waals surface area (Å²) in [6, 6.07) is 4.55. The third kappa shape index (κ3) is 2.01. The minimum absolute atomic E-state index is 0.0711. The molecule has 0 radical (unpaired) electrons. The summed E-state index contributed by atoms with van der Waals surface area (Å²) in [5, 5.41) is 9.48. The maximum atomic E-state index is 11.5. The molecule has 0 aliphatic carbocycles. The summed E-state index contributed by atoms with van der Waals surface area (Å²) in [6.45, 7) is 1.69. The van der Waals surface area contributed by atoms with E-state index in [0.29, 0.717) is 5.52 Å². The number of nitrogens with zero attached hydrogens (tertiary/aromatic N) is 1. The van der Waals surface area contributed by atoms with Crippen molar-refractivity contribution in [1.29, 1.82) is 0 Å². The number of benzene rings is 1.